The summed E-state index contributed by atoms with van der Waals surface area (Å²) in [6, 6.07) is 77.6. The highest BCUT2D eigenvalue weighted by molar-refractivity contribution is 6.01. The van der Waals surface area contributed by atoms with E-state index in [1.807, 2.05) is 0 Å². The predicted octanol–water partition coefficient (Wildman–Crippen LogP) is 15.3. The second-order valence-corrected chi connectivity index (χ2v) is 15.3. The minimum absolute atomic E-state index is 0.193. The Morgan fingerprint density at radius 3 is 1.57 bits per heavy atom. The lowest BCUT2D eigenvalue weighted by Gasteiger charge is -2.30. The monoisotopic (exact) mass is 715 g/mol. The third-order valence-electron chi connectivity index (χ3n) is 11.7. The lowest BCUT2D eigenvalue weighted by molar-refractivity contribution is 0.660. The molecule has 0 amide bonds. The summed E-state index contributed by atoms with van der Waals surface area (Å²) in [7, 11) is 0. The molecular weight excluding hydrogens is 675 g/mol. The SMILES string of the molecule is CC1(C)c2cc(N(c3ccccc3)c3ccccc3-c3cc4ccccc4cc3-c3ccccc3)ccc2-c2c(-c3ccc(-c4ccccc4)cc3)cccc21. The van der Waals surface area contributed by atoms with Gasteiger partial charge in [0.15, 0.2) is 0 Å². The summed E-state index contributed by atoms with van der Waals surface area (Å²) in [6.07, 6.45) is 0. The van der Waals surface area contributed by atoms with Gasteiger partial charge in [-0.1, -0.05) is 184 Å². The fraction of sp³-hybridized carbons (Fsp3) is 0.0545. The average Bonchev–Trinajstić information content (AvgIpc) is 3.50. The molecule has 0 spiro atoms. The molecule has 0 N–H and O–H groups in total. The van der Waals surface area contributed by atoms with Crippen molar-refractivity contribution in [2.45, 2.75) is 19.3 Å². The third kappa shape index (κ3) is 5.72. The largest absolute Gasteiger partial charge is 0.310 e. The second kappa shape index (κ2) is 13.7. The predicted molar refractivity (Wildman–Crippen MR) is 238 cm³/mol. The molecule has 10 rings (SSSR count). The van der Waals surface area contributed by atoms with Crippen molar-refractivity contribution in [3.8, 4) is 55.6 Å². The minimum atomic E-state index is -0.193. The van der Waals surface area contributed by atoms with E-state index >= 15 is 0 Å². The maximum Gasteiger partial charge on any atom is 0.0540 e. The van der Waals surface area contributed by atoms with Crippen molar-refractivity contribution in [1.29, 1.82) is 0 Å². The van der Waals surface area contributed by atoms with E-state index in [1.54, 1.807) is 0 Å². The Bertz CT molecular complexity index is 2850. The van der Waals surface area contributed by atoms with Gasteiger partial charge in [-0.25, -0.2) is 0 Å². The van der Waals surface area contributed by atoms with Crippen LogP contribution in [0.3, 0.4) is 0 Å². The zero-order valence-corrected chi connectivity index (χ0v) is 31.7. The van der Waals surface area contributed by atoms with Crippen LogP contribution in [0.5, 0.6) is 0 Å². The minimum Gasteiger partial charge on any atom is -0.310 e. The van der Waals surface area contributed by atoms with Crippen LogP contribution in [-0.2, 0) is 5.41 Å². The first kappa shape index (κ1) is 33.6. The van der Waals surface area contributed by atoms with E-state index < -0.39 is 0 Å². The number of rotatable bonds is 7. The summed E-state index contributed by atoms with van der Waals surface area (Å²) in [4.78, 5) is 2.45. The molecule has 0 saturated heterocycles. The lowest BCUT2D eigenvalue weighted by atomic mass is 9.81. The van der Waals surface area contributed by atoms with E-state index in [4.69, 9.17) is 0 Å². The molecule has 0 bridgehead atoms. The van der Waals surface area contributed by atoms with Gasteiger partial charge in [0.25, 0.3) is 0 Å². The Morgan fingerprint density at radius 2 is 0.857 bits per heavy atom. The first-order chi connectivity index (χ1) is 27.5. The van der Waals surface area contributed by atoms with Gasteiger partial charge in [-0.3, -0.25) is 0 Å². The summed E-state index contributed by atoms with van der Waals surface area (Å²) in [5.41, 5.74) is 18.3. The van der Waals surface area contributed by atoms with Crippen LogP contribution in [-0.4, -0.2) is 0 Å². The van der Waals surface area contributed by atoms with Gasteiger partial charge < -0.3 is 4.90 Å². The standard InChI is InChI=1S/C55H41N/c1-55(2)51-27-16-26-46(41-31-29-39(30-32-41)38-17-6-3-7-18-38)54(51)48-34-33-45(37-52(48)55)56(44-23-10-5-11-24-44)53-28-15-14-25-47(53)50-36-43-22-13-12-21-42(43)35-49(50)40-19-8-4-9-20-40/h3-37H,1-2H3. The van der Waals surface area contributed by atoms with Gasteiger partial charge in [0.05, 0.1) is 5.69 Å². The van der Waals surface area contributed by atoms with Gasteiger partial charge >= 0.3 is 0 Å². The molecule has 0 unspecified atom stereocenters. The molecule has 1 heteroatoms. The van der Waals surface area contributed by atoms with E-state index in [1.165, 1.54) is 77.5 Å². The molecule has 1 aliphatic rings. The maximum absolute atomic E-state index is 2.45. The number of nitrogens with zero attached hydrogens (tertiary/aromatic N) is 1. The van der Waals surface area contributed by atoms with E-state index in [9.17, 15) is 0 Å². The van der Waals surface area contributed by atoms with Crippen molar-refractivity contribution in [2.24, 2.45) is 0 Å². The molecule has 0 aliphatic heterocycles. The van der Waals surface area contributed by atoms with Crippen molar-refractivity contribution >= 4 is 27.8 Å². The van der Waals surface area contributed by atoms with E-state index in [0.717, 1.165) is 17.1 Å². The van der Waals surface area contributed by atoms with Gasteiger partial charge in [0.1, 0.15) is 0 Å². The highest BCUT2D eigenvalue weighted by atomic mass is 15.1. The number of anilines is 3. The maximum atomic E-state index is 2.45. The Hall–Kier alpha value is -6.96. The van der Waals surface area contributed by atoms with E-state index in [-0.39, 0.29) is 5.41 Å². The van der Waals surface area contributed by atoms with Crippen LogP contribution in [0.1, 0.15) is 25.0 Å². The Kier molecular flexibility index (Phi) is 8.23. The molecular formula is C55H41N. The molecule has 9 aromatic carbocycles. The third-order valence-corrected chi connectivity index (χ3v) is 11.7. The Balaban J connectivity index is 1.13. The van der Waals surface area contributed by atoms with Crippen molar-refractivity contribution < 1.29 is 0 Å². The summed E-state index contributed by atoms with van der Waals surface area (Å²) in [5, 5.41) is 2.46. The molecule has 0 atom stereocenters. The molecule has 1 nitrogen and oxygen atoms in total. The van der Waals surface area contributed by atoms with Crippen molar-refractivity contribution in [3.63, 3.8) is 0 Å². The number of benzene rings is 9. The van der Waals surface area contributed by atoms with Gasteiger partial charge in [0.2, 0.25) is 0 Å². The highest BCUT2D eigenvalue weighted by Gasteiger charge is 2.37. The number of hydrogen-bond donors (Lipinski definition) is 0. The van der Waals surface area contributed by atoms with Crippen LogP contribution in [0.2, 0.25) is 0 Å². The van der Waals surface area contributed by atoms with Crippen LogP contribution in [0.25, 0.3) is 66.4 Å². The molecule has 0 radical (unpaired) electrons. The summed E-state index contributed by atoms with van der Waals surface area (Å²) in [5.74, 6) is 0. The van der Waals surface area contributed by atoms with Crippen molar-refractivity contribution in [1.82, 2.24) is 0 Å². The molecule has 1 aliphatic carbocycles. The molecule has 266 valence electrons. The first-order valence-electron chi connectivity index (χ1n) is 19.5. The van der Waals surface area contributed by atoms with Crippen LogP contribution < -0.4 is 4.90 Å². The van der Waals surface area contributed by atoms with E-state index in [0.29, 0.717) is 0 Å². The summed E-state index contributed by atoms with van der Waals surface area (Å²) >= 11 is 0. The molecule has 0 aromatic heterocycles. The topological polar surface area (TPSA) is 3.24 Å². The fourth-order valence-corrected chi connectivity index (χ4v) is 8.85. The highest BCUT2D eigenvalue weighted by Crippen LogP contribution is 2.54. The fourth-order valence-electron chi connectivity index (χ4n) is 8.85. The second-order valence-electron chi connectivity index (χ2n) is 15.3. The van der Waals surface area contributed by atoms with Crippen LogP contribution in [0.15, 0.2) is 212 Å². The summed E-state index contributed by atoms with van der Waals surface area (Å²) < 4.78 is 0. The average molecular weight is 716 g/mol. The zero-order valence-electron chi connectivity index (χ0n) is 31.7. The van der Waals surface area contributed by atoms with Crippen molar-refractivity contribution in [2.75, 3.05) is 4.90 Å². The number of para-hydroxylation sites is 2. The Labute approximate surface area is 329 Å². The zero-order chi connectivity index (χ0) is 37.6. The van der Waals surface area contributed by atoms with Gasteiger partial charge in [-0.2, -0.15) is 0 Å². The normalized spacial score (nSPS) is 12.6. The van der Waals surface area contributed by atoms with Crippen molar-refractivity contribution in [3.05, 3.63) is 223 Å². The van der Waals surface area contributed by atoms with Crippen LogP contribution >= 0.6 is 0 Å². The van der Waals surface area contributed by atoms with Gasteiger partial charge in [0, 0.05) is 22.4 Å². The van der Waals surface area contributed by atoms with Gasteiger partial charge in [-0.15, -0.1) is 0 Å². The summed E-state index contributed by atoms with van der Waals surface area (Å²) in [6.45, 7) is 4.76. The van der Waals surface area contributed by atoms with Crippen LogP contribution in [0, 0.1) is 0 Å². The molecule has 9 aromatic rings. The quantitative estimate of drug-likeness (QED) is 0.159. The van der Waals surface area contributed by atoms with Crippen LogP contribution in [0.4, 0.5) is 17.1 Å². The van der Waals surface area contributed by atoms with E-state index in [2.05, 4.69) is 231 Å². The Morgan fingerprint density at radius 1 is 0.321 bits per heavy atom. The molecule has 0 heterocycles. The molecule has 56 heavy (non-hydrogen) atoms. The molecule has 0 fully saturated rings. The first-order valence-corrected chi connectivity index (χ1v) is 19.5. The number of fused-ring (bicyclic) bond motifs is 4. The lowest BCUT2D eigenvalue weighted by Crippen LogP contribution is -2.17. The van der Waals surface area contributed by atoms with Gasteiger partial charge in [-0.05, 0) is 114 Å². The molecule has 0 saturated carbocycles. The number of hydrogen-bond acceptors (Lipinski definition) is 1. The smallest absolute Gasteiger partial charge is 0.0540 e.